The van der Waals surface area contributed by atoms with Crippen LogP contribution in [-0.2, 0) is 20.9 Å². The first kappa shape index (κ1) is 19.7. The number of esters is 1. The highest BCUT2D eigenvalue weighted by Gasteiger charge is 2.21. The second kappa shape index (κ2) is 9.72. The van der Waals surface area contributed by atoms with Crippen LogP contribution in [0.4, 0.5) is 0 Å². The highest BCUT2D eigenvalue weighted by atomic mass is 32.1. The molecule has 0 radical (unpaired) electrons. The van der Waals surface area contributed by atoms with E-state index in [1.807, 2.05) is 43.3 Å². The largest absolute Gasteiger partial charge is 0.451 e. The van der Waals surface area contributed by atoms with Gasteiger partial charge in [0.1, 0.15) is 6.54 Å². The van der Waals surface area contributed by atoms with Crippen molar-refractivity contribution < 1.29 is 19.1 Å². The van der Waals surface area contributed by atoms with Gasteiger partial charge in [0.05, 0.1) is 4.88 Å². The fourth-order valence-electron chi connectivity index (χ4n) is 2.22. The third-order valence-electron chi connectivity index (χ3n) is 3.60. The van der Waals surface area contributed by atoms with Gasteiger partial charge in [-0.25, -0.2) is 0 Å². The second-order valence-corrected chi connectivity index (χ2v) is 6.97. The van der Waals surface area contributed by atoms with E-state index in [9.17, 15) is 14.4 Å². The second-order valence-electron chi connectivity index (χ2n) is 5.68. The summed E-state index contributed by atoms with van der Waals surface area (Å²) in [5.41, 5.74) is 0.959. The molecular weight excluding hydrogens is 352 g/mol. The standard InChI is InChI=1S/C19H22N2O4S/c1-3-15(18(23)20-11-14-7-5-4-6-8-14)25-17(22)12-21-19(24)16-10-9-13(2)26-16/h4-10,15H,3,11-12H2,1-2H3,(H,20,23)(H,21,24)/t15-/m1/s1. The van der Waals surface area contributed by atoms with Crippen LogP contribution in [0.1, 0.15) is 33.5 Å². The first-order chi connectivity index (χ1) is 12.5. The molecule has 1 heterocycles. The maximum atomic E-state index is 12.2. The smallest absolute Gasteiger partial charge is 0.326 e. The lowest BCUT2D eigenvalue weighted by Gasteiger charge is -2.16. The van der Waals surface area contributed by atoms with Crippen LogP contribution in [0.5, 0.6) is 0 Å². The van der Waals surface area contributed by atoms with E-state index >= 15 is 0 Å². The molecule has 0 aliphatic heterocycles. The van der Waals surface area contributed by atoms with Gasteiger partial charge in [-0.15, -0.1) is 11.3 Å². The lowest BCUT2D eigenvalue weighted by Crippen LogP contribution is -2.39. The van der Waals surface area contributed by atoms with Crippen molar-refractivity contribution in [1.82, 2.24) is 10.6 Å². The Bertz CT molecular complexity index is 758. The molecule has 6 nitrogen and oxygen atoms in total. The summed E-state index contributed by atoms with van der Waals surface area (Å²) in [5, 5.41) is 5.25. The predicted molar refractivity (Wildman–Crippen MR) is 99.8 cm³/mol. The number of thiophene rings is 1. The fourth-order valence-corrected chi connectivity index (χ4v) is 3.00. The summed E-state index contributed by atoms with van der Waals surface area (Å²) in [4.78, 5) is 37.6. The average molecular weight is 374 g/mol. The molecule has 0 fully saturated rings. The zero-order valence-corrected chi connectivity index (χ0v) is 15.6. The summed E-state index contributed by atoms with van der Waals surface area (Å²) in [7, 11) is 0. The number of carbonyl (C=O) groups is 3. The normalized spacial score (nSPS) is 11.5. The molecule has 0 aliphatic rings. The zero-order valence-electron chi connectivity index (χ0n) is 14.8. The van der Waals surface area contributed by atoms with Crippen molar-refractivity contribution in [3.05, 3.63) is 57.8 Å². The molecule has 1 aromatic heterocycles. The Kier molecular flexibility index (Phi) is 7.35. The summed E-state index contributed by atoms with van der Waals surface area (Å²) in [6.45, 7) is 3.74. The number of carbonyl (C=O) groups excluding carboxylic acids is 3. The van der Waals surface area contributed by atoms with E-state index < -0.39 is 12.1 Å². The molecule has 138 valence electrons. The zero-order chi connectivity index (χ0) is 18.9. The Balaban J connectivity index is 1.77. The molecule has 7 heteroatoms. The van der Waals surface area contributed by atoms with Gasteiger partial charge in [0.15, 0.2) is 6.10 Å². The number of nitrogens with one attached hydrogen (secondary N) is 2. The summed E-state index contributed by atoms with van der Waals surface area (Å²) in [5.74, 6) is -1.33. The van der Waals surface area contributed by atoms with Crippen LogP contribution in [-0.4, -0.2) is 30.4 Å². The first-order valence-corrected chi connectivity index (χ1v) is 9.17. The van der Waals surface area contributed by atoms with Crippen LogP contribution in [0.15, 0.2) is 42.5 Å². The van der Waals surface area contributed by atoms with Crippen LogP contribution in [0.2, 0.25) is 0 Å². The van der Waals surface area contributed by atoms with Crippen molar-refractivity contribution in [2.45, 2.75) is 32.9 Å². The first-order valence-electron chi connectivity index (χ1n) is 8.35. The van der Waals surface area contributed by atoms with E-state index in [1.165, 1.54) is 11.3 Å². The van der Waals surface area contributed by atoms with Gasteiger partial charge in [-0.2, -0.15) is 0 Å². The third-order valence-corrected chi connectivity index (χ3v) is 4.60. The van der Waals surface area contributed by atoms with Gasteiger partial charge in [0, 0.05) is 11.4 Å². The molecule has 2 amide bonds. The quantitative estimate of drug-likeness (QED) is 0.695. The number of rotatable bonds is 8. The molecule has 0 saturated heterocycles. The molecule has 26 heavy (non-hydrogen) atoms. The highest BCUT2D eigenvalue weighted by Crippen LogP contribution is 2.14. The topological polar surface area (TPSA) is 84.5 Å². The van der Waals surface area contributed by atoms with Crippen LogP contribution in [0, 0.1) is 6.92 Å². The highest BCUT2D eigenvalue weighted by molar-refractivity contribution is 7.13. The number of hydrogen-bond acceptors (Lipinski definition) is 5. The summed E-state index contributed by atoms with van der Waals surface area (Å²) >= 11 is 1.35. The molecule has 0 unspecified atom stereocenters. The molecule has 2 aromatic rings. The third kappa shape index (κ3) is 6.00. The van der Waals surface area contributed by atoms with Gasteiger partial charge in [-0.05, 0) is 31.0 Å². The van der Waals surface area contributed by atoms with Gasteiger partial charge in [0.25, 0.3) is 11.8 Å². The number of amides is 2. The minimum Gasteiger partial charge on any atom is -0.451 e. The molecule has 1 atom stereocenters. The number of hydrogen-bond donors (Lipinski definition) is 2. The van der Waals surface area contributed by atoms with Crippen molar-refractivity contribution in [2.75, 3.05) is 6.54 Å². The van der Waals surface area contributed by atoms with Gasteiger partial charge < -0.3 is 15.4 Å². The van der Waals surface area contributed by atoms with E-state index in [1.54, 1.807) is 13.0 Å². The predicted octanol–water partition coefficient (Wildman–Crippen LogP) is 2.42. The monoisotopic (exact) mass is 374 g/mol. The van der Waals surface area contributed by atoms with Gasteiger partial charge in [-0.3, -0.25) is 14.4 Å². The van der Waals surface area contributed by atoms with Crippen molar-refractivity contribution in [3.63, 3.8) is 0 Å². The van der Waals surface area contributed by atoms with Crippen molar-refractivity contribution in [3.8, 4) is 0 Å². The van der Waals surface area contributed by atoms with Crippen LogP contribution in [0.25, 0.3) is 0 Å². The van der Waals surface area contributed by atoms with E-state index in [0.717, 1.165) is 10.4 Å². The van der Waals surface area contributed by atoms with E-state index in [0.29, 0.717) is 17.8 Å². The van der Waals surface area contributed by atoms with Crippen molar-refractivity contribution in [1.29, 1.82) is 0 Å². The maximum absolute atomic E-state index is 12.2. The fraction of sp³-hybridized carbons (Fsp3) is 0.316. The Labute approximate surface area is 156 Å². The molecule has 2 rings (SSSR count). The van der Waals surface area contributed by atoms with Gasteiger partial charge in [-0.1, -0.05) is 37.3 Å². The van der Waals surface area contributed by atoms with Crippen molar-refractivity contribution >= 4 is 29.1 Å². The van der Waals surface area contributed by atoms with Crippen LogP contribution in [0.3, 0.4) is 0 Å². The Morgan fingerprint density at radius 1 is 1.08 bits per heavy atom. The lowest BCUT2D eigenvalue weighted by molar-refractivity contribution is -0.155. The van der Waals surface area contributed by atoms with Gasteiger partial charge in [0.2, 0.25) is 0 Å². The minimum atomic E-state index is -0.882. The summed E-state index contributed by atoms with van der Waals surface area (Å²) in [6, 6.07) is 13.0. The summed E-state index contributed by atoms with van der Waals surface area (Å²) < 4.78 is 5.18. The van der Waals surface area contributed by atoms with E-state index in [-0.39, 0.29) is 18.4 Å². The molecule has 0 aliphatic carbocycles. The average Bonchev–Trinajstić information content (AvgIpc) is 3.09. The Morgan fingerprint density at radius 3 is 2.42 bits per heavy atom. The number of benzene rings is 1. The van der Waals surface area contributed by atoms with Crippen LogP contribution < -0.4 is 10.6 Å². The molecular formula is C19H22N2O4S. The molecule has 1 aromatic carbocycles. The minimum absolute atomic E-state index is 0.280. The number of aryl methyl sites for hydroxylation is 1. The Morgan fingerprint density at radius 2 is 1.81 bits per heavy atom. The number of ether oxygens (including phenoxy) is 1. The molecule has 0 saturated carbocycles. The van der Waals surface area contributed by atoms with Gasteiger partial charge >= 0.3 is 5.97 Å². The molecule has 0 spiro atoms. The van der Waals surface area contributed by atoms with E-state index in [4.69, 9.17) is 4.74 Å². The maximum Gasteiger partial charge on any atom is 0.326 e. The van der Waals surface area contributed by atoms with Crippen LogP contribution >= 0.6 is 11.3 Å². The Hall–Kier alpha value is -2.67. The summed E-state index contributed by atoms with van der Waals surface area (Å²) in [6.07, 6.45) is -0.531. The molecule has 2 N–H and O–H groups in total. The molecule has 0 bridgehead atoms. The SMILES string of the molecule is CC[C@@H](OC(=O)CNC(=O)c1ccc(C)s1)C(=O)NCc1ccccc1. The lowest BCUT2D eigenvalue weighted by atomic mass is 10.2. The van der Waals surface area contributed by atoms with E-state index in [2.05, 4.69) is 10.6 Å². The van der Waals surface area contributed by atoms with Crippen molar-refractivity contribution in [2.24, 2.45) is 0 Å².